The van der Waals surface area contributed by atoms with Gasteiger partial charge in [-0.25, -0.2) is 13.2 Å². The number of benzene rings is 2. The van der Waals surface area contributed by atoms with Crippen molar-refractivity contribution in [1.82, 2.24) is 35.7 Å². The maximum atomic E-state index is 13.9. The molecule has 3 aliphatic rings. The summed E-state index contributed by atoms with van der Waals surface area (Å²) in [6, 6.07) is 9.95. The first-order valence-electron chi connectivity index (χ1n) is 23.4. The Kier molecular flexibility index (Phi) is 15.1. The predicted octanol–water partition coefficient (Wildman–Crippen LogP) is 4.84. The van der Waals surface area contributed by atoms with Crippen molar-refractivity contribution >= 4 is 62.1 Å². The van der Waals surface area contributed by atoms with E-state index in [0.717, 1.165) is 62.3 Å². The van der Waals surface area contributed by atoms with Crippen LogP contribution < -0.4 is 32.1 Å². The minimum absolute atomic E-state index is 0.0875. The summed E-state index contributed by atoms with van der Waals surface area (Å²) in [7, 11) is -2.04. The Morgan fingerprint density at radius 3 is 2.28 bits per heavy atom. The summed E-state index contributed by atoms with van der Waals surface area (Å²) in [4.78, 5) is 94.7. The number of anilines is 1. The number of alkyl carbamates (subject to hydrolysis) is 1. The van der Waals surface area contributed by atoms with Gasteiger partial charge in [-0.1, -0.05) is 31.4 Å². The maximum absolute atomic E-state index is 13.9. The number of sulfone groups is 1. The fourth-order valence-electron chi connectivity index (χ4n) is 8.78. The number of aromatic amines is 1. The van der Waals surface area contributed by atoms with Crippen molar-refractivity contribution in [2.24, 2.45) is 13.0 Å². The van der Waals surface area contributed by atoms with Crippen LogP contribution in [0.4, 0.5) is 10.5 Å². The molecular weight excluding hydrogens is 893 g/mol. The Hall–Kier alpha value is -6.50. The molecule has 2 fully saturated rings. The lowest BCUT2D eigenvalue weighted by Gasteiger charge is -2.29. The third kappa shape index (κ3) is 12.3. The summed E-state index contributed by atoms with van der Waals surface area (Å²) in [5.74, 6) is -1.82. The zero-order chi connectivity index (χ0) is 48.9. The number of aryl methyl sites for hydroxylation is 2. The molecule has 364 valence electrons. The van der Waals surface area contributed by atoms with E-state index in [2.05, 4.69) is 31.6 Å². The Labute approximate surface area is 395 Å². The van der Waals surface area contributed by atoms with Crippen LogP contribution in [0, 0.1) is 5.92 Å². The summed E-state index contributed by atoms with van der Waals surface area (Å²) in [5.41, 5.74) is 4.03. The SMILES string of the molecule is Cn1cc(-c2cc(CS(C)(=O)=O)c(C(=O)NCCCCCCCc3cccc4c3CN(C3CCC(=O)NC3=O)C4=O)cc2NCC2CC2)c2cc(C(=O)NCCNC(=O)OC(C)(C)C)[nH]c2c1=O. The molecule has 18 nitrogen and oxygen atoms in total. The van der Waals surface area contributed by atoms with E-state index in [4.69, 9.17) is 4.74 Å². The zero-order valence-corrected chi connectivity index (χ0v) is 40.2. The monoisotopic (exact) mass is 954 g/mol. The van der Waals surface area contributed by atoms with E-state index >= 15 is 0 Å². The van der Waals surface area contributed by atoms with Crippen LogP contribution in [-0.4, -0.2) is 103 Å². The van der Waals surface area contributed by atoms with Gasteiger partial charge in [0, 0.05) is 92.0 Å². The van der Waals surface area contributed by atoms with Crippen LogP contribution in [0.15, 0.2) is 47.4 Å². The Balaban J connectivity index is 0.998. The number of H-pyrrole nitrogens is 1. The van der Waals surface area contributed by atoms with Gasteiger partial charge in [-0.3, -0.25) is 34.1 Å². The number of piperidine rings is 1. The number of nitrogens with one attached hydrogen (secondary N) is 6. The Bertz CT molecular complexity index is 2800. The second-order valence-electron chi connectivity index (χ2n) is 19.2. The number of nitrogens with zero attached hydrogens (tertiary/aromatic N) is 2. The molecule has 1 saturated heterocycles. The highest BCUT2D eigenvalue weighted by molar-refractivity contribution is 7.89. The molecule has 2 aromatic heterocycles. The molecule has 6 amide bonds. The molecule has 2 aromatic carbocycles. The number of aromatic nitrogens is 2. The predicted molar refractivity (Wildman–Crippen MR) is 257 cm³/mol. The highest BCUT2D eigenvalue weighted by Gasteiger charge is 2.39. The quantitative estimate of drug-likeness (QED) is 0.0517. The van der Waals surface area contributed by atoms with E-state index in [1.54, 1.807) is 63.2 Å². The summed E-state index contributed by atoms with van der Waals surface area (Å²) in [6.45, 7) is 6.77. The van der Waals surface area contributed by atoms with Crippen molar-refractivity contribution in [3.8, 4) is 11.1 Å². The topological polar surface area (TPSA) is 247 Å². The first-order valence-corrected chi connectivity index (χ1v) is 25.4. The molecule has 7 rings (SSSR count). The molecule has 19 heteroatoms. The first-order chi connectivity index (χ1) is 32.3. The number of imide groups is 1. The van der Waals surface area contributed by atoms with Gasteiger partial charge >= 0.3 is 6.09 Å². The number of hydrogen-bond donors (Lipinski definition) is 6. The van der Waals surface area contributed by atoms with E-state index in [9.17, 15) is 42.0 Å². The highest BCUT2D eigenvalue weighted by Crippen LogP contribution is 2.38. The average Bonchev–Trinajstić information content (AvgIpc) is 3.89. The van der Waals surface area contributed by atoms with Crippen LogP contribution in [0.2, 0.25) is 0 Å². The third-order valence-electron chi connectivity index (χ3n) is 12.3. The summed E-state index contributed by atoms with van der Waals surface area (Å²) in [6.07, 6.45) is 9.80. The van der Waals surface area contributed by atoms with Gasteiger partial charge in [-0.15, -0.1) is 0 Å². The fraction of sp³-hybridized carbons (Fsp3) is 0.490. The van der Waals surface area contributed by atoms with Crippen LogP contribution in [0.5, 0.6) is 0 Å². The number of unbranched alkanes of at least 4 members (excludes halogenated alkanes) is 4. The lowest BCUT2D eigenvalue weighted by atomic mass is 9.95. The van der Waals surface area contributed by atoms with Crippen molar-refractivity contribution in [3.63, 3.8) is 0 Å². The van der Waals surface area contributed by atoms with Crippen molar-refractivity contribution in [2.75, 3.05) is 37.8 Å². The number of hydrogen-bond acceptors (Lipinski definition) is 11. The van der Waals surface area contributed by atoms with Crippen LogP contribution in [0.3, 0.4) is 0 Å². The number of carbonyl (C=O) groups excluding carboxylic acids is 6. The van der Waals surface area contributed by atoms with E-state index in [1.165, 1.54) is 4.57 Å². The van der Waals surface area contributed by atoms with Crippen LogP contribution >= 0.6 is 0 Å². The Morgan fingerprint density at radius 1 is 0.838 bits per heavy atom. The minimum atomic E-state index is -3.62. The minimum Gasteiger partial charge on any atom is -0.444 e. The number of amides is 6. The van der Waals surface area contributed by atoms with E-state index in [1.807, 2.05) is 12.1 Å². The van der Waals surface area contributed by atoms with E-state index in [-0.39, 0.29) is 53.7 Å². The van der Waals surface area contributed by atoms with Crippen molar-refractivity contribution in [1.29, 1.82) is 0 Å². The largest absolute Gasteiger partial charge is 0.444 e. The molecular formula is C49H62N8O10S. The molecule has 0 bridgehead atoms. The molecule has 1 atom stereocenters. The molecule has 4 heterocycles. The molecule has 68 heavy (non-hydrogen) atoms. The molecule has 4 aromatic rings. The van der Waals surface area contributed by atoms with E-state index in [0.29, 0.717) is 71.7 Å². The summed E-state index contributed by atoms with van der Waals surface area (Å²) in [5, 5.41) is 14.6. The van der Waals surface area contributed by atoms with Crippen molar-refractivity contribution < 1.29 is 41.9 Å². The van der Waals surface area contributed by atoms with Crippen molar-refractivity contribution in [3.05, 3.63) is 86.5 Å². The average molecular weight is 955 g/mol. The molecule has 2 aliphatic heterocycles. The zero-order valence-electron chi connectivity index (χ0n) is 39.4. The molecule has 1 unspecified atom stereocenters. The number of fused-ring (bicyclic) bond motifs is 2. The lowest BCUT2D eigenvalue weighted by Crippen LogP contribution is -2.52. The number of carbonyl (C=O) groups is 6. The van der Waals surface area contributed by atoms with Crippen LogP contribution in [0.25, 0.3) is 22.0 Å². The molecule has 0 radical (unpaired) electrons. The fourth-order valence-corrected chi connectivity index (χ4v) is 9.58. The standard InChI is InChI=1S/C49H62N8O10S/c1-49(2,3)67-48(64)52-21-20-51-44(60)39-24-35-37(26-56(4)47(63)42(35)54-39)34-22-31(28-68(5,65)66)33(23-38(34)53-25-29-15-16-29)43(59)50-19-10-8-6-7-9-12-30-13-11-14-32-36(30)27-57(46(32)62)40-17-18-41(58)55-45(40)61/h11,13-14,22-24,26,29,40,53-54H,6-10,12,15-21,25,27-28H2,1-5H3,(H,50,59)(H,51,60)(H,52,64)(H,55,58,61). The smallest absolute Gasteiger partial charge is 0.407 e. The van der Waals surface area contributed by atoms with Gasteiger partial charge in [0.2, 0.25) is 11.8 Å². The van der Waals surface area contributed by atoms with Gasteiger partial charge < -0.3 is 40.5 Å². The van der Waals surface area contributed by atoms with Gasteiger partial charge in [0.1, 0.15) is 22.9 Å². The van der Waals surface area contributed by atoms with E-state index < -0.39 is 51.0 Å². The third-order valence-corrected chi connectivity index (χ3v) is 13.2. The summed E-state index contributed by atoms with van der Waals surface area (Å²) >= 11 is 0. The first kappa shape index (κ1) is 49.4. The van der Waals surface area contributed by atoms with Gasteiger partial charge in [0.25, 0.3) is 23.3 Å². The second kappa shape index (κ2) is 20.8. The highest BCUT2D eigenvalue weighted by atomic mass is 32.2. The van der Waals surface area contributed by atoms with Gasteiger partial charge in [-0.2, -0.15) is 0 Å². The van der Waals surface area contributed by atoms with Crippen LogP contribution in [-0.2, 0) is 49.9 Å². The number of rotatable bonds is 20. The second-order valence-corrected chi connectivity index (χ2v) is 21.3. The number of pyridine rings is 1. The maximum Gasteiger partial charge on any atom is 0.407 e. The normalized spacial score (nSPS) is 16.1. The van der Waals surface area contributed by atoms with Crippen molar-refractivity contribution in [2.45, 2.75) is 109 Å². The van der Waals surface area contributed by atoms with Gasteiger partial charge in [-0.05, 0) is 106 Å². The number of ether oxygens (including phenoxy) is 1. The van der Waals surface area contributed by atoms with Gasteiger partial charge in [0.05, 0.1) is 5.75 Å². The molecule has 1 aliphatic carbocycles. The lowest BCUT2D eigenvalue weighted by molar-refractivity contribution is -0.136. The molecule has 6 N–H and O–H groups in total. The summed E-state index contributed by atoms with van der Waals surface area (Å²) < 4.78 is 32.3. The molecule has 0 spiro atoms. The molecule has 1 saturated carbocycles. The van der Waals surface area contributed by atoms with Crippen LogP contribution in [0.1, 0.15) is 126 Å². The Morgan fingerprint density at radius 2 is 1.56 bits per heavy atom. The van der Waals surface area contributed by atoms with Gasteiger partial charge in [0.15, 0.2) is 9.84 Å².